The van der Waals surface area contributed by atoms with Crippen molar-refractivity contribution in [2.75, 3.05) is 6.61 Å². The smallest absolute Gasteiger partial charge is 0.125 e. The second kappa shape index (κ2) is 2.49. The van der Waals surface area contributed by atoms with Gasteiger partial charge < -0.3 is 9.84 Å². The zero-order valence-electron chi connectivity index (χ0n) is 7.08. The zero-order valence-corrected chi connectivity index (χ0v) is 7.08. The molecule has 0 saturated heterocycles. The first kappa shape index (κ1) is 7.62. The fourth-order valence-corrected chi connectivity index (χ4v) is 1.53. The monoisotopic (exact) mass is 164 g/mol. The number of ether oxygens (including phenoxy) is 1. The highest BCUT2D eigenvalue weighted by Gasteiger charge is 2.29. The van der Waals surface area contributed by atoms with Crippen molar-refractivity contribution < 1.29 is 9.84 Å². The van der Waals surface area contributed by atoms with Crippen molar-refractivity contribution in [3.8, 4) is 5.75 Å². The summed E-state index contributed by atoms with van der Waals surface area (Å²) in [6.45, 7) is 2.43. The summed E-state index contributed by atoms with van der Waals surface area (Å²) in [5.74, 6) is 0.814. The summed E-state index contributed by atoms with van der Waals surface area (Å²) in [6, 6.07) is 7.64. The van der Waals surface area contributed by atoms with Gasteiger partial charge in [0.25, 0.3) is 0 Å². The van der Waals surface area contributed by atoms with Gasteiger partial charge in [-0.05, 0) is 13.0 Å². The minimum absolute atomic E-state index is 0.601. The fourth-order valence-electron chi connectivity index (χ4n) is 1.53. The van der Waals surface area contributed by atoms with E-state index in [4.69, 9.17) is 4.74 Å². The van der Waals surface area contributed by atoms with E-state index < -0.39 is 5.60 Å². The van der Waals surface area contributed by atoms with E-state index in [-0.39, 0.29) is 0 Å². The van der Waals surface area contributed by atoms with Gasteiger partial charge in [0.05, 0.1) is 12.2 Å². The molecule has 1 aliphatic rings. The summed E-state index contributed by atoms with van der Waals surface area (Å²) in [4.78, 5) is 0. The molecule has 1 aromatic carbocycles. The van der Waals surface area contributed by atoms with Crippen LogP contribution in [0, 0.1) is 0 Å². The molecule has 2 rings (SSSR count). The van der Waals surface area contributed by atoms with Gasteiger partial charge in [-0.2, -0.15) is 0 Å². The summed E-state index contributed by atoms with van der Waals surface area (Å²) >= 11 is 0. The van der Waals surface area contributed by atoms with Crippen molar-refractivity contribution in [2.24, 2.45) is 0 Å². The molecule has 12 heavy (non-hydrogen) atoms. The number of aliphatic hydroxyl groups is 1. The Morgan fingerprint density at radius 1 is 1.42 bits per heavy atom. The lowest BCUT2D eigenvalue weighted by Gasteiger charge is -2.30. The third kappa shape index (κ3) is 1.08. The number of hydrogen-bond donors (Lipinski definition) is 1. The van der Waals surface area contributed by atoms with Gasteiger partial charge in [0.1, 0.15) is 5.75 Å². The van der Waals surface area contributed by atoms with Gasteiger partial charge >= 0.3 is 0 Å². The molecule has 1 atom stereocenters. The maximum atomic E-state index is 9.95. The topological polar surface area (TPSA) is 29.5 Å². The second-order valence-corrected chi connectivity index (χ2v) is 3.37. The first-order chi connectivity index (χ1) is 5.70. The lowest BCUT2D eigenvalue weighted by Crippen LogP contribution is -2.29. The average Bonchev–Trinajstić information content (AvgIpc) is 2.04. The number of benzene rings is 1. The molecule has 1 aromatic rings. The Balaban J connectivity index is 2.52. The Hall–Kier alpha value is -1.02. The first-order valence-corrected chi connectivity index (χ1v) is 4.15. The minimum Gasteiger partial charge on any atom is -0.493 e. The quantitative estimate of drug-likeness (QED) is 0.632. The summed E-state index contributed by atoms with van der Waals surface area (Å²) in [7, 11) is 0. The summed E-state index contributed by atoms with van der Waals surface area (Å²) in [6.07, 6.45) is 0.671. The van der Waals surface area contributed by atoms with E-state index >= 15 is 0 Å². The lowest BCUT2D eigenvalue weighted by molar-refractivity contribution is 0.0147. The van der Waals surface area contributed by atoms with Crippen molar-refractivity contribution in [1.82, 2.24) is 0 Å². The third-order valence-electron chi connectivity index (χ3n) is 2.31. The summed E-state index contributed by atoms with van der Waals surface area (Å²) in [5.41, 5.74) is 0.186. The van der Waals surface area contributed by atoms with Crippen molar-refractivity contribution in [1.29, 1.82) is 0 Å². The number of para-hydroxylation sites is 1. The average molecular weight is 164 g/mol. The van der Waals surface area contributed by atoms with E-state index in [0.717, 1.165) is 11.3 Å². The Labute approximate surface area is 71.8 Å². The molecule has 1 unspecified atom stereocenters. The largest absolute Gasteiger partial charge is 0.493 e. The Kier molecular flexibility index (Phi) is 1.58. The summed E-state index contributed by atoms with van der Waals surface area (Å²) in [5, 5.41) is 9.95. The highest BCUT2D eigenvalue weighted by atomic mass is 16.5. The molecule has 2 nitrogen and oxygen atoms in total. The normalized spacial score (nSPS) is 27.5. The van der Waals surface area contributed by atoms with Crippen molar-refractivity contribution >= 4 is 0 Å². The van der Waals surface area contributed by atoms with E-state index in [0.29, 0.717) is 13.0 Å². The van der Waals surface area contributed by atoms with Gasteiger partial charge in [-0.1, -0.05) is 18.2 Å². The highest BCUT2D eigenvalue weighted by molar-refractivity contribution is 5.38. The molecule has 0 fully saturated rings. The molecule has 0 amide bonds. The second-order valence-electron chi connectivity index (χ2n) is 3.37. The molecule has 0 radical (unpaired) electrons. The van der Waals surface area contributed by atoms with E-state index in [1.165, 1.54) is 0 Å². The maximum absolute atomic E-state index is 9.95. The number of hydrogen-bond acceptors (Lipinski definition) is 2. The molecule has 2 heteroatoms. The lowest BCUT2D eigenvalue weighted by atomic mass is 9.90. The van der Waals surface area contributed by atoms with E-state index in [1.54, 1.807) is 0 Å². The van der Waals surface area contributed by atoms with Crippen LogP contribution in [0.1, 0.15) is 18.9 Å². The molecular weight excluding hydrogens is 152 g/mol. The Morgan fingerprint density at radius 3 is 2.92 bits per heavy atom. The molecular formula is C10H12O2. The van der Waals surface area contributed by atoms with Crippen LogP contribution in [0.5, 0.6) is 5.75 Å². The van der Waals surface area contributed by atoms with Crippen LogP contribution in [0.25, 0.3) is 0 Å². The Bertz CT molecular complexity index is 292. The highest BCUT2D eigenvalue weighted by Crippen LogP contribution is 2.35. The molecule has 1 heterocycles. The fraction of sp³-hybridized carbons (Fsp3) is 0.400. The zero-order chi connectivity index (χ0) is 8.60. The van der Waals surface area contributed by atoms with Gasteiger partial charge in [-0.3, -0.25) is 0 Å². The van der Waals surface area contributed by atoms with Crippen molar-refractivity contribution in [3.63, 3.8) is 0 Å². The van der Waals surface area contributed by atoms with E-state index in [1.807, 2.05) is 31.2 Å². The van der Waals surface area contributed by atoms with Gasteiger partial charge in [-0.25, -0.2) is 0 Å². The van der Waals surface area contributed by atoms with Crippen LogP contribution in [-0.2, 0) is 5.60 Å². The van der Waals surface area contributed by atoms with Crippen molar-refractivity contribution in [2.45, 2.75) is 18.9 Å². The van der Waals surface area contributed by atoms with Gasteiger partial charge in [0, 0.05) is 12.0 Å². The predicted octanol–water partition coefficient (Wildman–Crippen LogP) is 1.68. The summed E-state index contributed by atoms with van der Waals surface area (Å²) < 4.78 is 5.40. The van der Waals surface area contributed by atoms with Crippen LogP contribution in [0.4, 0.5) is 0 Å². The predicted molar refractivity (Wildman–Crippen MR) is 46.1 cm³/mol. The molecule has 0 spiro atoms. The van der Waals surface area contributed by atoms with Crippen LogP contribution >= 0.6 is 0 Å². The minimum atomic E-state index is -0.713. The van der Waals surface area contributed by atoms with Crippen LogP contribution in [0.2, 0.25) is 0 Å². The van der Waals surface area contributed by atoms with Gasteiger partial charge in [-0.15, -0.1) is 0 Å². The van der Waals surface area contributed by atoms with Gasteiger partial charge in [0.2, 0.25) is 0 Å². The molecule has 0 saturated carbocycles. The van der Waals surface area contributed by atoms with E-state index in [2.05, 4.69) is 0 Å². The van der Waals surface area contributed by atoms with Gasteiger partial charge in [0.15, 0.2) is 0 Å². The molecule has 1 aliphatic heterocycles. The van der Waals surface area contributed by atoms with Crippen LogP contribution in [0.3, 0.4) is 0 Å². The standard InChI is InChI=1S/C10H12O2/c1-10(11)6-7-12-9-5-3-2-4-8(9)10/h2-5,11H,6-7H2,1H3. The molecule has 1 N–H and O–H groups in total. The molecule has 64 valence electrons. The molecule has 0 bridgehead atoms. The third-order valence-corrected chi connectivity index (χ3v) is 2.31. The molecule has 0 aliphatic carbocycles. The SMILES string of the molecule is CC1(O)CCOc2ccccc21. The maximum Gasteiger partial charge on any atom is 0.125 e. The Morgan fingerprint density at radius 2 is 2.17 bits per heavy atom. The van der Waals surface area contributed by atoms with Crippen LogP contribution in [-0.4, -0.2) is 11.7 Å². The first-order valence-electron chi connectivity index (χ1n) is 4.15. The number of rotatable bonds is 0. The van der Waals surface area contributed by atoms with E-state index in [9.17, 15) is 5.11 Å². The number of fused-ring (bicyclic) bond motifs is 1. The molecule has 0 aromatic heterocycles. The van der Waals surface area contributed by atoms with Crippen LogP contribution in [0.15, 0.2) is 24.3 Å². The van der Waals surface area contributed by atoms with Crippen LogP contribution < -0.4 is 4.74 Å². The van der Waals surface area contributed by atoms with Crippen molar-refractivity contribution in [3.05, 3.63) is 29.8 Å².